The highest BCUT2D eigenvalue weighted by atomic mass is 32.1. The number of piperidine rings is 1. The van der Waals surface area contributed by atoms with Gasteiger partial charge in [-0.05, 0) is 25.9 Å². The summed E-state index contributed by atoms with van der Waals surface area (Å²) in [6.07, 6.45) is 4.33. The summed E-state index contributed by atoms with van der Waals surface area (Å²) in [5.41, 5.74) is 0. The van der Waals surface area contributed by atoms with Crippen molar-refractivity contribution in [1.29, 1.82) is 0 Å². The third kappa shape index (κ3) is 2.56. The van der Waals surface area contributed by atoms with E-state index < -0.39 is 0 Å². The molecule has 0 aliphatic carbocycles. The van der Waals surface area contributed by atoms with E-state index in [4.69, 9.17) is 5.11 Å². The van der Waals surface area contributed by atoms with Gasteiger partial charge in [-0.25, -0.2) is 4.98 Å². The van der Waals surface area contributed by atoms with Crippen LogP contribution in [0, 0.1) is 0 Å². The zero-order chi connectivity index (χ0) is 10.7. The second-order valence-electron chi connectivity index (χ2n) is 4.06. The standard InChI is InChI=1S/C11H18N2OS/c1-2-13-5-3-4-9(7-13)11-12-6-10(8-14)15-11/h6,9,14H,2-5,7-8H2,1H3. The number of aromatic nitrogens is 1. The number of hydrogen-bond donors (Lipinski definition) is 1. The van der Waals surface area contributed by atoms with Crippen LogP contribution in [0.15, 0.2) is 6.20 Å². The quantitative estimate of drug-likeness (QED) is 0.854. The molecule has 84 valence electrons. The van der Waals surface area contributed by atoms with E-state index >= 15 is 0 Å². The van der Waals surface area contributed by atoms with Gasteiger partial charge in [0.05, 0.1) is 16.5 Å². The Morgan fingerprint density at radius 3 is 3.20 bits per heavy atom. The minimum absolute atomic E-state index is 0.127. The fourth-order valence-corrected chi connectivity index (χ4v) is 3.03. The van der Waals surface area contributed by atoms with Gasteiger partial charge in [-0.2, -0.15) is 0 Å². The molecule has 1 aromatic rings. The Kier molecular flexibility index (Phi) is 3.72. The van der Waals surface area contributed by atoms with Crippen LogP contribution in [-0.4, -0.2) is 34.6 Å². The summed E-state index contributed by atoms with van der Waals surface area (Å²) in [4.78, 5) is 7.88. The zero-order valence-electron chi connectivity index (χ0n) is 9.15. The highest BCUT2D eigenvalue weighted by molar-refractivity contribution is 7.11. The van der Waals surface area contributed by atoms with E-state index in [1.54, 1.807) is 11.3 Å². The minimum Gasteiger partial charge on any atom is -0.391 e. The first kappa shape index (κ1) is 11.0. The van der Waals surface area contributed by atoms with Crippen molar-refractivity contribution in [2.24, 2.45) is 0 Å². The van der Waals surface area contributed by atoms with Gasteiger partial charge in [-0.1, -0.05) is 6.92 Å². The Labute approximate surface area is 94.8 Å². The van der Waals surface area contributed by atoms with Crippen LogP contribution in [0.4, 0.5) is 0 Å². The molecule has 2 heterocycles. The molecule has 15 heavy (non-hydrogen) atoms. The van der Waals surface area contributed by atoms with Crippen molar-refractivity contribution in [3.63, 3.8) is 0 Å². The average Bonchev–Trinajstić information content (AvgIpc) is 2.78. The molecule has 3 nitrogen and oxygen atoms in total. The molecule has 0 amide bonds. The average molecular weight is 226 g/mol. The molecule has 0 bridgehead atoms. The molecule has 1 N–H and O–H groups in total. The summed E-state index contributed by atoms with van der Waals surface area (Å²) in [5, 5.41) is 10.2. The lowest BCUT2D eigenvalue weighted by Crippen LogP contribution is -2.33. The van der Waals surface area contributed by atoms with E-state index in [-0.39, 0.29) is 6.61 Å². The monoisotopic (exact) mass is 226 g/mol. The van der Waals surface area contributed by atoms with E-state index in [0.29, 0.717) is 5.92 Å². The largest absolute Gasteiger partial charge is 0.391 e. The van der Waals surface area contributed by atoms with Gasteiger partial charge in [-0.3, -0.25) is 0 Å². The molecule has 0 aromatic carbocycles. The van der Waals surface area contributed by atoms with E-state index in [1.165, 1.54) is 24.4 Å². The first-order valence-electron chi connectivity index (χ1n) is 5.61. The molecule has 1 aliphatic rings. The van der Waals surface area contributed by atoms with Crippen LogP contribution in [0.5, 0.6) is 0 Å². The van der Waals surface area contributed by atoms with Crippen LogP contribution < -0.4 is 0 Å². The number of thiazole rings is 1. The van der Waals surface area contributed by atoms with E-state index in [9.17, 15) is 0 Å². The van der Waals surface area contributed by atoms with Crippen LogP contribution >= 0.6 is 11.3 Å². The van der Waals surface area contributed by atoms with Gasteiger partial charge in [0.1, 0.15) is 0 Å². The summed E-state index contributed by atoms with van der Waals surface area (Å²) < 4.78 is 0. The van der Waals surface area contributed by atoms with Crippen LogP contribution in [-0.2, 0) is 6.61 Å². The van der Waals surface area contributed by atoms with Crippen LogP contribution in [0.1, 0.15) is 35.6 Å². The lowest BCUT2D eigenvalue weighted by Gasteiger charge is -2.30. The molecular weight excluding hydrogens is 208 g/mol. The van der Waals surface area contributed by atoms with Crippen molar-refractivity contribution in [3.8, 4) is 0 Å². The first-order chi connectivity index (χ1) is 7.33. The van der Waals surface area contributed by atoms with Gasteiger partial charge in [0.25, 0.3) is 0 Å². The molecule has 2 rings (SSSR count). The third-order valence-corrected chi connectivity index (χ3v) is 4.17. The van der Waals surface area contributed by atoms with Crippen LogP contribution in [0.2, 0.25) is 0 Å². The van der Waals surface area contributed by atoms with Crippen LogP contribution in [0.3, 0.4) is 0 Å². The molecular formula is C11H18N2OS. The molecule has 1 aliphatic heterocycles. The summed E-state index contributed by atoms with van der Waals surface area (Å²) in [5.74, 6) is 0.587. The molecule has 1 aromatic heterocycles. The molecule has 1 fully saturated rings. The van der Waals surface area contributed by atoms with E-state index in [2.05, 4.69) is 16.8 Å². The predicted octanol–water partition coefficient (Wildman–Crippen LogP) is 1.83. The fourth-order valence-electron chi connectivity index (χ4n) is 2.13. The van der Waals surface area contributed by atoms with E-state index in [0.717, 1.165) is 18.0 Å². The van der Waals surface area contributed by atoms with Crippen molar-refractivity contribution >= 4 is 11.3 Å². The zero-order valence-corrected chi connectivity index (χ0v) is 9.96. The maximum Gasteiger partial charge on any atom is 0.0972 e. The van der Waals surface area contributed by atoms with Gasteiger partial charge in [0.15, 0.2) is 0 Å². The van der Waals surface area contributed by atoms with Crippen molar-refractivity contribution in [1.82, 2.24) is 9.88 Å². The Balaban J connectivity index is 2.03. The van der Waals surface area contributed by atoms with Gasteiger partial charge in [-0.15, -0.1) is 11.3 Å². The smallest absolute Gasteiger partial charge is 0.0972 e. The number of hydrogen-bond acceptors (Lipinski definition) is 4. The predicted molar refractivity (Wildman–Crippen MR) is 62.1 cm³/mol. The second-order valence-corrected chi connectivity index (χ2v) is 5.20. The summed E-state index contributed by atoms with van der Waals surface area (Å²) in [6, 6.07) is 0. The molecule has 0 radical (unpaired) electrons. The fraction of sp³-hybridized carbons (Fsp3) is 0.727. The summed E-state index contributed by atoms with van der Waals surface area (Å²) in [6.45, 7) is 5.83. The second kappa shape index (κ2) is 5.05. The van der Waals surface area contributed by atoms with Gasteiger partial charge in [0, 0.05) is 18.7 Å². The number of aliphatic hydroxyl groups is 1. The number of likely N-dealkylation sites (tertiary alicyclic amines) is 1. The Morgan fingerprint density at radius 2 is 2.53 bits per heavy atom. The topological polar surface area (TPSA) is 36.4 Å². The summed E-state index contributed by atoms with van der Waals surface area (Å²) in [7, 11) is 0. The first-order valence-corrected chi connectivity index (χ1v) is 6.43. The molecule has 1 unspecified atom stereocenters. The lowest BCUT2D eigenvalue weighted by atomic mass is 9.99. The highest BCUT2D eigenvalue weighted by Crippen LogP contribution is 2.29. The van der Waals surface area contributed by atoms with Crippen molar-refractivity contribution in [2.45, 2.75) is 32.3 Å². The third-order valence-electron chi connectivity index (χ3n) is 3.03. The molecule has 1 atom stereocenters. The summed E-state index contributed by atoms with van der Waals surface area (Å²) >= 11 is 1.66. The van der Waals surface area contributed by atoms with Gasteiger partial charge < -0.3 is 10.0 Å². The normalized spacial score (nSPS) is 23.2. The van der Waals surface area contributed by atoms with Gasteiger partial charge >= 0.3 is 0 Å². The van der Waals surface area contributed by atoms with Crippen molar-refractivity contribution in [3.05, 3.63) is 16.1 Å². The number of nitrogens with zero attached hydrogens (tertiary/aromatic N) is 2. The molecule has 1 saturated heterocycles. The Hall–Kier alpha value is -0.450. The van der Waals surface area contributed by atoms with Crippen LogP contribution in [0.25, 0.3) is 0 Å². The molecule has 0 saturated carbocycles. The van der Waals surface area contributed by atoms with Crippen molar-refractivity contribution < 1.29 is 5.11 Å². The SMILES string of the molecule is CCN1CCCC(c2ncc(CO)s2)C1. The maximum atomic E-state index is 9.01. The Morgan fingerprint density at radius 1 is 1.67 bits per heavy atom. The van der Waals surface area contributed by atoms with Crippen molar-refractivity contribution in [2.75, 3.05) is 19.6 Å². The Bertz CT molecular complexity index is 313. The molecule has 4 heteroatoms. The number of aliphatic hydroxyl groups excluding tert-OH is 1. The highest BCUT2D eigenvalue weighted by Gasteiger charge is 2.22. The van der Waals surface area contributed by atoms with Gasteiger partial charge in [0.2, 0.25) is 0 Å². The maximum absolute atomic E-state index is 9.01. The molecule has 0 spiro atoms. The number of rotatable bonds is 3. The minimum atomic E-state index is 0.127. The number of likely N-dealkylation sites (N-methyl/N-ethyl adjacent to an activating group) is 1. The van der Waals surface area contributed by atoms with E-state index in [1.807, 2.05) is 6.20 Å². The lowest BCUT2D eigenvalue weighted by molar-refractivity contribution is 0.218.